The number of rotatable bonds is 2. The number of aromatic nitrogens is 2. The maximum atomic E-state index is 13.2. The van der Waals surface area contributed by atoms with E-state index in [2.05, 4.69) is 24.6 Å². The van der Waals surface area contributed by atoms with Crippen LogP contribution in [0, 0.1) is 0 Å². The summed E-state index contributed by atoms with van der Waals surface area (Å²) in [6, 6.07) is 5.47. The van der Waals surface area contributed by atoms with Crippen LogP contribution in [0.1, 0.15) is 17.7 Å². The van der Waals surface area contributed by atoms with Crippen LogP contribution in [0.3, 0.4) is 0 Å². The molecule has 1 fully saturated rings. The van der Waals surface area contributed by atoms with Gasteiger partial charge in [0.2, 0.25) is 0 Å². The maximum Gasteiger partial charge on any atom is 0.586 e. The van der Waals surface area contributed by atoms with Crippen molar-refractivity contribution >= 4 is 11.8 Å². The molecule has 0 amide bonds. The molecule has 1 unspecified atom stereocenters. The molecule has 132 valence electrons. The molecule has 5 rings (SSSR count). The lowest BCUT2D eigenvalue weighted by atomic mass is 9.99. The molecule has 0 spiro atoms. The van der Waals surface area contributed by atoms with Crippen molar-refractivity contribution in [2.45, 2.75) is 31.7 Å². The van der Waals surface area contributed by atoms with Gasteiger partial charge in [-0.25, -0.2) is 0 Å². The molecule has 3 aliphatic heterocycles. The van der Waals surface area contributed by atoms with E-state index in [4.69, 9.17) is 0 Å². The van der Waals surface area contributed by atoms with E-state index in [9.17, 15) is 8.78 Å². The van der Waals surface area contributed by atoms with Crippen molar-refractivity contribution in [3.63, 3.8) is 0 Å². The summed E-state index contributed by atoms with van der Waals surface area (Å²) in [6.45, 7) is 1.88. The van der Waals surface area contributed by atoms with E-state index >= 15 is 0 Å². The Morgan fingerprint density at radius 1 is 1.28 bits per heavy atom. The number of hydrogen-bond acceptors (Lipinski definition) is 5. The number of halogens is 2. The van der Waals surface area contributed by atoms with Gasteiger partial charge in [0.25, 0.3) is 0 Å². The van der Waals surface area contributed by atoms with E-state index in [0.29, 0.717) is 6.04 Å². The summed E-state index contributed by atoms with van der Waals surface area (Å²) in [5, 5.41) is 7.57. The number of nitrogens with one attached hydrogen (secondary N) is 1. The number of H-pyrrole nitrogens is 1. The first-order valence-corrected chi connectivity index (χ1v) is 9.53. The van der Waals surface area contributed by atoms with Gasteiger partial charge in [0.15, 0.2) is 11.5 Å². The highest BCUT2D eigenvalue weighted by molar-refractivity contribution is 7.99. The molecular weight excluding hydrogens is 348 g/mol. The summed E-state index contributed by atoms with van der Waals surface area (Å²) < 4.78 is 35.5. The van der Waals surface area contributed by atoms with Crippen LogP contribution in [0.25, 0.3) is 11.3 Å². The van der Waals surface area contributed by atoms with Crippen molar-refractivity contribution in [2.24, 2.45) is 0 Å². The van der Waals surface area contributed by atoms with E-state index in [1.807, 2.05) is 11.8 Å². The van der Waals surface area contributed by atoms with Crippen molar-refractivity contribution in [1.29, 1.82) is 0 Å². The summed E-state index contributed by atoms with van der Waals surface area (Å²) in [5.41, 5.74) is 3.88. The van der Waals surface area contributed by atoms with E-state index < -0.39 is 6.29 Å². The molecule has 3 aliphatic rings. The second kappa shape index (κ2) is 5.60. The number of ether oxygens (including phenoxy) is 2. The highest BCUT2D eigenvalue weighted by Crippen LogP contribution is 2.43. The largest absolute Gasteiger partial charge is 0.586 e. The minimum Gasteiger partial charge on any atom is -0.395 e. The quantitative estimate of drug-likeness (QED) is 0.885. The van der Waals surface area contributed by atoms with E-state index in [1.54, 1.807) is 12.1 Å². The highest BCUT2D eigenvalue weighted by Gasteiger charge is 2.43. The van der Waals surface area contributed by atoms with Crippen molar-refractivity contribution in [3.05, 3.63) is 29.5 Å². The van der Waals surface area contributed by atoms with Gasteiger partial charge in [0, 0.05) is 48.1 Å². The standard InChI is InChI=1S/C17H17F2N3O2S/c18-17(19)23-14-2-1-10(7-15(14)24-17)16-12-8-22(11-4-6-25-9-11)5-3-13(12)20-21-16/h1-2,7,11H,3-6,8-9H2,(H,20,21). The van der Waals surface area contributed by atoms with Gasteiger partial charge in [0.05, 0.1) is 5.69 Å². The third-order valence-corrected chi connectivity index (χ3v) is 6.20. The number of nitrogens with zero attached hydrogens (tertiary/aromatic N) is 2. The molecule has 1 N–H and O–H groups in total. The second-order valence-corrected chi connectivity index (χ2v) is 7.75. The van der Waals surface area contributed by atoms with Crippen LogP contribution in [0.2, 0.25) is 0 Å². The number of thioether (sulfide) groups is 1. The summed E-state index contributed by atoms with van der Waals surface area (Å²) in [6.07, 6.45) is -1.43. The zero-order valence-electron chi connectivity index (χ0n) is 13.4. The minimum atomic E-state index is -3.59. The van der Waals surface area contributed by atoms with Crippen LogP contribution in [-0.4, -0.2) is 45.5 Å². The van der Waals surface area contributed by atoms with Gasteiger partial charge in [-0.1, -0.05) is 0 Å². The zero-order valence-corrected chi connectivity index (χ0v) is 14.2. The molecule has 8 heteroatoms. The van der Waals surface area contributed by atoms with E-state index in [1.165, 1.54) is 24.0 Å². The van der Waals surface area contributed by atoms with Gasteiger partial charge < -0.3 is 9.47 Å². The van der Waals surface area contributed by atoms with E-state index in [0.717, 1.165) is 42.0 Å². The fourth-order valence-electron chi connectivity index (χ4n) is 3.77. The van der Waals surface area contributed by atoms with Crippen molar-refractivity contribution in [2.75, 3.05) is 18.1 Å². The second-order valence-electron chi connectivity index (χ2n) is 6.60. The van der Waals surface area contributed by atoms with Crippen LogP contribution < -0.4 is 9.47 Å². The van der Waals surface area contributed by atoms with Crippen molar-refractivity contribution in [3.8, 4) is 22.8 Å². The predicted octanol–water partition coefficient (Wildman–Crippen LogP) is 3.26. The van der Waals surface area contributed by atoms with Crippen LogP contribution in [0.5, 0.6) is 11.5 Å². The Balaban J connectivity index is 1.46. The molecule has 1 atom stereocenters. The Labute approximate surface area is 147 Å². The molecular formula is C17H17F2N3O2S. The molecule has 0 bridgehead atoms. The number of alkyl halides is 2. The lowest BCUT2D eigenvalue weighted by molar-refractivity contribution is -0.286. The lowest BCUT2D eigenvalue weighted by Crippen LogP contribution is -2.39. The first-order chi connectivity index (χ1) is 12.1. The maximum absolute atomic E-state index is 13.2. The van der Waals surface area contributed by atoms with Gasteiger partial charge in [-0.3, -0.25) is 10.00 Å². The van der Waals surface area contributed by atoms with Crippen LogP contribution >= 0.6 is 11.8 Å². The first kappa shape index (κ1) is 15.5. The Kier molecular flexibility index (Phi) is 3.46. The fourth-order valence-corrected chi connectivity index (χ4v) is 5.03. The Hall–Kier alpha value is -1.80. The summed E-state index contributed by atoms with van der Waals surface area (Å²) in [5.74, 6) is 2.52. The smallest absolute Gasteiger partial charge is 0.395 e. The number of aromatic amines is 1. The average molecular weight is 365 g/mol. The fraction of sp³-hybridized carbons (Fsp3) is 0.471. The molecule has 1 aromatic carbocycles. The predicted molar refractivity (Wildman–Crippen MR) is 90.1 cm³/mol. The molecule has 1 saturated heterocycles. The molecule has 0 aliphatic carbocycles. The van der Waals surface area contributed by atoms with Gasteiger partial charge in [-0.15, -0.1) is 8.78 Å². The molecule has 4 heterocycles. The van der Waals surface area contributed by atoms with Gasteiger partial charge in [-0.05, 0) is 30.4 Å². The Morgan fingerprint density at radius 3 is 3.00 bits per heavy atom. The molecule has 25 heavy (non-hydrogen) atoms. The monoisotopic (exact) mass is 365 g/mol. The van der Waals surface area contributed by atoms with E-state index in [-0.39, 0.29) is 11.5 Å². The Morgan fingerprint density at radius 2 is 2.16 bits per heavy atom. The van der Waals surface area contributed by atoms with Gasteiger partial charge in [-0.2, -0.15) is 16.9 Å². The minimum absolute atomic E-state index is 0.0547. The van der Waals surface area contributed by atoms with Gasteiger partial charge in [0.1, 0.15) is 0 Å². The lowest BCUT2D eigenvalue weighted by Gasteiger charge is -2.31. The van der Waals surface area contributed by atoms with Crippen LogP contribution in [0.4, 0.5) is 8.78 Å². The third kappa shape index (κ3) is 2.67. The van der Waals surface area contributed by atoms with Crippen LogP contribution in [0.15, 0.2) is 18.2 Å². The topological polar surface area (TPSA) is 50.4 Å². The summed E-state index contributed by atoms with van der Waals surface area (Å²) >= 11 is 2.01. The molecule has 0 radical (unpaired) electrons. The SMILES string of the molecule is FC1(F)Oc2ccc(-c3n[nH]c4c3CN(C3CCSC3)CC4)cc2O1. The number of benzene rings is 1. The normalized spacial score (nSPS) is 24.5. The average Bonchev–Trinajstić information content (AvgIpc) is 3.30. The molecule has 1 aromatic heterocycles. The highest BCUT2D eigenvalue weighted by atomic mass is 32.2. The first-order valence-electron chi connectivity index (χ1n) is 8.37. The third-order valence-electron chi connectivity index (χ3n) is 5.06. The summed E-state index contributed by atoms with van der Waals surface area (Å²) in [7, 11) is 0. The Bertz CT molecular complexity index is 820. The zero-order chi connectivity index (χ0) is 17.0. The number of fused-ring (bicyclic) bond motifs is 2. The van der Waals surface area contributed by atoms with Crippen molar-refractivity contribution < 1.29 is 18.3 Å². The van der Waals surface area contributed by atoms with Crippen LogP contribution in [-0.2, 0) is 13.0 Å². The summed E-state index contributed by atoms with van der Waals surface area (Å²) in [4.78, 5) is 2.52. The number of hydrogen-bond donors (Lipinski definition) is 1. The molecule has 5 nitrogen and oxygen atoms in total. The van der Waals surface area contributed by atoms with Gasteiger partial charge >= 0.3 is 6.29 Å². The van der Waals surface area contributed by atoms with Crippen molar-refractivity contribution in [1.82, 2.24) is 15.1 Å². The molecule has 0 saturated carbocycles. The molecule has 2 aromatic rings.